The SMILES string of the molecule is COc1ccc(S(=O)(=O)N2CCc3ccc(NC(=O)c4ccccc4C)cc3C2)cc1. The molecular weight excluding hydrogens is 412 g/mol. The van der Waals surface area contributed by atoms with E-state index in [4.69, 9.17) is 4.74 Å². The Balaban J connectivity index is 1.54. The molecule has 31 heavy (non-hydrogen) atoms. The van der Waals surface area contributed by atoms with Gasteiger partial charge < -0.3 is 10.1 Å². The van der Waals surface area contributed by atoms with Crippen molar-refractivity contribution >= 4 is 21.6 Å². The monoisotopic (exact) mass is 436 g/mol. The van der Waals surface area contributed by atoms with Gasteiger partial charge in [0.15, 0.2) is 0 Å². The minimum Gasteiger partial charge on any atom is -0.497 e. The first-order valence-electron chi connectivity index (χ1n) is 10.0. The Morgan fingerprint density at radius 1 is 1.00 bits per heavy atom. The maximum Gasteiger partial charge on any atom is 0.255 e. The Bertz CT molecular complexity index is 1220. The van der Waals surface area contributed by atoms with Crippen LogP contribution < -0.4 is 10.1 Å². The van der Waals surface area contributed by atoms with Crippen LogP contribution in [-0.4, -0.2) is 32.3 Å². The van der Waals surface area contributed by atoms with Gasteiger partial charge in [0.1, 0.15) is 5.75 Å². The topological polar surface area (TPSA) is 75.7 Å². The molecule has 0 radical (unpaired) electrons. The van der Waals surface area contributed by atoms with E-state index in [1.165, 1.54) is 4.31 Å². The molecule has 1 N–H and O–H groups in total. The van der Waals surface area contributed by atoms with Crippen LogP contribution in [0.5, 0.6) is 5.75 Å². The molecule has 0 unspecified atom stereocenters. The van der Waals surface area contributed by atoms with Gasteiger partial charge in [-0.3, -0.25) is 4.79 Å². The first-order chi connectivity index (χ1) is 14.9. The van der Waals surface area contributed by atoms with E-state index < -0.39 is 10.0 Å². The Hall–Kier alpha value is -3.16. The van der Waals surface area contributed by atoms with Crippen molar-refractivity contribution in [2.24, 2.45) is 0 Å². The molecule has 1 amide bonds. The zero-order valence-corrected chi connectivity index (χ0v) is 18.3. The third kappa shape index (κ3) is 4.33. The molecule has 0 aromatic heterocycles. The van der Waals surface area contributed by atoms with Gasteiger partial charge in [0.25, 0.3) is 5.91 Å². The minimum atomic E-state index is -3.62. The molecule has 1 aliphatic heterocycles. The van der Waals surface area contributed by atoms with Gasteiger partial charge in [0.05, 0.1) is 12.0 Å². The lowest BCUT2D eigenvalue weighted by molar-refractivity contribution is 0.102. The van der Waals surface area contributed by atoms with Crippen molar-refractivity contribution in [2.45, 2.75) is 24.8 Å². The smallest absolute Gasteiger partial charge is 0.255 e. The lowest BCUT2D eigenvalue weighted by Crippen LogP contribution is -2.36. The number of nitrogens with one attached hydrogen (secondary N) is 1. The maximum atomic E-state index is 13.1. The third-order valence-electron chi connectivity index (χ3n) is 5.53. The summed E-state index contributed by atoms with van der Waals surface area (Å²) in [7, 11) is -2.08. The van der Waals surface area contributed by atoms with E-state index >= 15 is 0 Å². The molecule has 160 valence electrons. The first-order valence-corrected chi connectivity index (χ1v) is 11.5. The van der Waals surface area contributed by atoms with Crippen molar-refractivity contribution < 1.29 is 17.9 Å². The highest BCUT2D eigenvalue weighted by atomic mass is 32.2. The fourth-order valence-corrected chi connectivity index (χ4v) is 5.16. The number of ether oxygens (including phenoxy) is 1. The van der Waals surface area contributed by atoms with Crippen LogP contribution in [0.15, 0.2) is 71.6 Å². The van der Waals surface area contributed by atoms with Gasteiger partial charge in [-0.05, 0) is 72.5 Å². The van der Waals surface area contributed by atoms with E-state index in [1.54, 1.807) is 37.4 Å². The largest absolute Gasteiger partial charge is 0.497 e. The third-order valence-corrected chi connectivity index (χ3v) is 7.39. The number of rotatable bonds is 5. The van der Waals surface area contributed by atoms with Crippen molar-refractivity contribution in [3.8, 4) is 5.75 Å². The average molecular weight is 437 g/mol. The molecule has 3 aromatic rings. The Morgan fingerprint density at radius 2 is 1.74 bits per heavy atom. The van der Waals surface area contributed by atoms with Gasteiger partial charge in [-0.25, -0.2) is 8.42 Å². The van der Waals surface area contributed by atoms with Crippen LogP contribution in [0, 0.1) is 6.92 Å². The highest BCUT2D eigenvalue weighted by molar-refractivity contribution is 7.89. The predicted molar refractivity (Wildman–Crippen MR) is 120 cm³/mol. The van der Waals surface area contributed by atoms with Crippen LogP contribution >= 0.6 is 0 Å². The number of sulfonamides is 1. The number of hydrogen-bond acceptors (Lipinski definition) is 4. The van der Waals surface area contributed by atoms with Gasteiger partial charge in [-0.1, -0.05) is 24.3 Å². The van der Waals surface area contributed by atoms with Crippen molar-refractivity contribution in [1.82, 2.24) is 4.31 Å². The number of aryl methyl sites for hydroxylation is 1. The molecule has 0 spiro atoms. The summed E-state index contributed by atoms with van der Waals surface area (Å²) in [6.07, 6.45) is 0.622. The van der Waals surface area contributed by atoms with Gasteiger partial charge >= 0.3 is 0 Å². The summed E-state index contributed by atoms with van der Waals surface area (Å²) in [5.41, 5.74) is 4.15. The first kappa shape index (κ1) is 21.1. The summed E-state index contributed by atoms with van der Waals surface area (Å²) >= 11 is 0. The number of benzene rings is 3. The molecular formula is C24H24N2O4S. The molecule has 0 fully saturated rings. The Labute approximate surface area is 182 Å². The number of amides is 1. The Kier molecular flexibility index (Phi) is 5.80. The summed E-state index contributed by atoms with van der Waals surface area (Å²) in [6.45, 7) is 2.57. The fourth-order valence-electron chi connectivity index (χ4n) is 3.74. The number of anilines is 1. The standard InChI is InChI=1S/C24H24N2O4S/c1-17-5-3-4-6-23(17)24(27)25-20-8-7-18-13-14-26(16-19(18)15-20)31(28,29)22-11-9-21(30-2)10-12-22/h3-12,15H,13-14,16H2,1-2H3,(H,25,27). The van der Waals surface area contributed by atoms with Crippen LogP contribution in [0.2, 0.25) is 0 Å². The van der Waals surface area contributed by atoms with E-state index in [0.29, 0.717) is 30.0 Å². The van der Waals surface area contributed by atoms with Crippen LogP contribution in [0.25, 0.3) is 0 Å². The van der Waals surface area contributed by atoms with Crippen LogP contribution in [0.1, 0.15) is 27.0 Å². The van der Waals surface area contributed by atoms with Crippen molar-refractivity contribution in [1.29, 1.82) is 0 Å². The van der Waals surface area contributed by atoms with Crippen molar-refractivity contribution in [2.75, 3.05) is 19.0 Å². The zero-order chi connectivity index (χ0) is 22.0. The lowest BCUT2D eigenvalue weighted by Gasteiger charge is -2.28. The fraction of sp³-hybridized carbons (Fsp3) is 0.208. The minimum absolute atomic E-state index is 0.184. The second-order valence-electron chi connectivity index (χ2n) is 7.52. The van der Waals surface area contributed by atoms with E-state index in [0.717, 1.165) is 16.7 Å². The van der Waals surface area contributed by atoms with Crippen molar-refractivity contribution in [3.05, 3.63) is 89.0 Å². The van der Waals surface area contributed by atoms with Gasteiger partial charge in [0.2, 0.25) is 10.0 Å². The Morgan fingerprint density at radius 3 is 2.45 bits per heavy atom. The number of carbonyl (C=O) groups is 1. The summed E-state index contributed by atoms with van der Waals surface area (Å²) in [4.78, 5) is 12.9. The predicted octanol–water partition coefficient (Wildman–Crippen LogP) is 4.00. The van der Waals surface area contributed by atoms with E-state index in [2.05, 4.69) is 5.32 Å². The molecule has 1 heterocycles. The number of carbonyl (C=O) groups excluding carboxylic acids is 1. The molecule has 0 aliphatic carbocycles. The van der Waals surface area contributed by atoms with Crippen LogP contribution in [0.3, 0.4) is 0 Å². The second-order valence-corrected chi connectivity index (χ2v) is 9.45. The zero-order valence-electron chi connectivity index (χ0n) is 17.5. The molecule has 0 saturated heterocycles. The molecule has 0 bridgehead atoms. The van der Waals surface area contributed by atoms with E-state index in [-0.39, 0.29) is 17.3 Å². The molecule has 0 saturated carbocycles. The maximum absolute atomic E-state index is 13.1. The molecule has 0 atom stereocenters. The van der Waals surface area contributed by atoms with Gasteiger partial charge in [0, 0.05) is 24.3 Å². The highest BCUT2D eigenvalue weighted by Gasteiger charge is 2.28. The van der Waals surface area contributed by atoms with Crippen molar-refractivity contribution in [3.63, 3.8) is 0 Å². The molecule has 3 aromatic carbocycles. The number of methoxy groups -OCH3 is 1. The highest BCUT2D eigenvalue weighted by Crippen LogP contribution is 2.28. The summed E-state index contributed by atoms with van der Waals surface area (Å²) in [5.74, 6) is 0.425. The number of fused-ring (bicyclic) bond motifs is 1. The summed E-state index contributed by atoms with van der Waals surface area (Å²) in [5, 5.41) is 2.93. The van der Waals surface area contributed by atoms with Crippen LogP contribution in [-0.2, 0) is 23.0 Å². The van der Waals surface area contributed by atoms with Gasteiger partial charge in [-0.2, -0.15) is 4.31 Å². The molecule has 1 aliphatic rings. The van der Waals surface area contributed by atoms with E-state index in [1.807, 2.05) is 43.3 Å². The lowest BCUT2D eigenvalue weighted by atomic mass is 10.0. The quantitative estimate of drug-likeness (QED) is 0.656. The molecule has 6 nitrogen and oxygen atoms in total. The summed E-state index contributed by atoms with van der Waals surface area (Å²) in [6, 6.07) is 19.5. The normalized spacial score (nSPS) is 14.0. The van der Waals surface area contributed by atoms with E-state index in [9.17, 15) is 13.2 Å². The molecule has 4 rings (SSSR count). The van der Waals surface area contributed by atoms with Gasteiger partial charge in [-0.15, -0.1) is 0 Å². The molecule has 7 heteroatoms. The average Bonchev–Trinajstić information content (AvgIpc) is 2.78. The second kappa shape index (κ2) is 8.53. The van der Waals surface area contributed by atoms with Crippen LogP contribution in [0.4, 0.5) is 5.69 Å². The number of hydrogen-bond donors (Lipinski definition) is 1. The summed E-state index contributed by atoms with van der Waals surface area (Å²) < 4.78 is 32.8. The number of nitrogens with zero attached hydrogens (tertiary/aromatic N) is 1.